The zero-order chi connectivity index (χ0) is 13.1. The van der Waals surface area contributed by atoms with Crippen LogP contribution in [0.1, 0.15) is 20.8 Å². The van der Waals surface area contributed by atoms with Crippen molar-refractivity contribution in [2.45, 2.75) is 26.4 Å². The van der Waals surface area contributed by atoms with Crippen molar-refractivity contribution in [1.82, 2.24) is 10.4 Å². The minimum Gasteiger partial charge on any atom is -0.443 e. The molecule has 1 rings (SSSR count). The van der Waals surface area contributed by atoms with E-state index < -0.39 is 11.7 Å². The minimum absolute atomic E-state index is 0.228. The fraction of sp³-hybridized carbons (Fsp3) is 0.400. The number of carbonyl (C=O) groups is 1. The number of pyridine rings is 1. The van der Waals surface area contributed by atoms with E-state index in [1.54, 1.807) is 20.8 Å². The van der Waals surface area contributed by atoms with Crippen LogP contribution < -0.4 is 10.9 Å². The second-order valence-electron chi connectivity index (χ2n) is 4.25. The molecule has 2 N–H and O–H groups in total. The fourth-order valence-corrected chi connectivity index (χ4v) is 1.42. The molecule has 0 saturated carbocycles. The van der Waals surface area contributed by atoms with Gasteiger partial charge in [0.25, 0.3) is 0 Å². The molecule has 0 unspecified atom stereocenters. The Bertz CT molecular complexity index is 398. The highest BCUT2D eigenvalue weighted by molar-refractivity contribution is 6.32. The average molecular weight is 278 g/mol. The quantitative estimate of drug-likeness (QED) is 0.644. The molecule has 0 aromatic carbocycles. The van der Waals surface area contributed by atoms with Gasteiger partial charge in [-0.15, -0.1) is 0 Å². The summed E-state index contributed by atoms with van der Waals surface area (Å²) in [6, 6.07) is 3.04. The van der Waals surface area contributed by atoms with Crippen LogP contribution in [-0.4, -0.2) is 16.7 Å². The van der Waals surface area contributed by atoms with Gasteiger partial charge < -0.3 is 4.74 Å². The van der Waals surface area contributed by atoms with Crippen LogP contribution in [0, 0.1) is 0 Å². The van der Waals surface area contributed by atoms with Crippen molar-refractivity contribution in [3.8, 4) is 0 Å². The van der Waals surface area contributed by atoms with Crippen molar-refractivity contribution in [3.05, 3.63) is 22.4 Å². The second-order valence-corrected chi connectivity index (χ2v) is 5.03. The van der Waals surface area contributed by atoms with Gasteiger partial charge >= 0.3 is 6.09 Å². The molecule has 1 aromatic rings. The van der Waals surface area contributed by atoms with Gasteiger partial charge in [-0.05, 0) is 20.8 Å². The monoisotopic (exact) mass is 277 g/mol. The normalized spacial score (nSPS) is 10.9. The van der Waals surface area contributed by atoms with E-state index in [1.807, 2.05) is 0 Å². The molecular weight excluding hydrogens is 265 g/mol. The van der Waals surface area contributed by atoms with Crippen molar-refractivity contribution < 1.29 is 9.53 Å². The summed E-state index contributed by atoms with van der Waals surface area (Å²) in [5, 5.41) is 0.456. The number of nitrogens with one attached hydrogen (secondary N) is 2. The molecule has 0 aliphatic heterocycles. The van der Waals surface area contributed by atoms with E-state index in [2.05, 4.69) is 15.8 Å². The number of hydrogen-bond acceptors (Lipinski definition) is 4. The van der Waals surface area contributed by atoms with Gasteiger partial charge in [-0.25, -0.2) is 15.2 Å². The number of ether oxygens (including phenoxy) is 1. The molecule has 0 bridgehead atoms. The number of anilines is 1. The number of halogens is 2. The summed E-state index contributed by atoms with van der Waals surface area (Å²) < 4.78 is 5.03. The summed E-state index contributed by atoms with van der Waals surface area (Å²) in [5.74, 6) is 0. The highest BCUT2D eigenvalue weighted by Crippen LogP contribution is 2.17. The van der Waals surface area contributed by atoms with Crippen LogP contribution in [0.3, 0.4) is 0 Å². The maximum absolute atomic E-state index is 11.3. The summed E-state index contributed by atoms with van der Waals surface area (Å²) in [6.45, 7) is 5.31. The molecule has 94 valence electrons. The third-order valence-electron chi connectivity index (χ3n) is 1.47. The van der Waals surface area contributed by atoms with Crippen molar-refractivity contribution in [2.75, 3.05) is 5.43 Å². The molecule has 0 aliphatic carbocycles. The van der Waals surface area contributed by atoms with E-state index in [1.165, 1.54) is 12.1 Å². The Hall–Kier alpha value is -1.20. The lowest BCUT2D eigenvalue weighted by Crippen LogP contribution is -2.35. The van der Waals surface area contributed by atoms with Crippen LogP contribution in [0.15, 0.2) is 12.1 Å². The first kappa shape index (κ1) is 13.9. The third-order valence-corrected chi connectivity index (χ3v) is 1.86. The van der Waals surface area contributed by atoms with Crippen molar-refractivity contribution in [3.63, 3.8) is 0 Å². The fourth-order valence-electron chi connectivity index (χ4n) is 0.964. The molecule has 1 heterocycles. The van der Waals surface area contributed by atoms with Crippen molar-refractivity contribution in [1.29, 1.82) is 0 Å². The highest BCUT2D eigenvalue weighted by atomic mass is 35.5. The lowest BCUT2D eigenvalue weighted by molar-refractivity contribution is 0.0541. The molecule has 0 saturated heterocycles. The summed E-state index contributed by atoms with van der Waals surface area (Å²) in [5.41, 5.74) is 4.93. The maximum atomic E-state index is 11.3. The molecule has 0 atom stereocenters. The molecule has 0 fully saturated rings. The van der Waals surface area contributed by atoms with Crippen LogP contribution >= 0.6 is 23.2 Å². The number of hydrogen-bond donors (Lipinski definition) is 2. The second kappa shape index (κ2) is 5.42. The lowest BCUT2D eigenvalue weighted by atomic mass is 10.2. The van der Waals surface area contributed by atoms with E-state index in [4.69, 9.17) is 27.9 Å². The zero-order valence-electron chi connectivity index (χ0n) is 9.67. The Labute approximate surface area is 109 Å². The number of rotatable bonds is 2. The van der Waals surface area contributed by atoms with Gasteiger partial charge in [-0.3, -0.25) is 5.43 Å². The number of aromatic nitrogens is 1. The predicted octanol–water partition coefficient (Wildman–Crippen LogP) is 3.24. The van der Waals surface area contributed by atoms with E-state index >= 15 is 0 Å². The van der Waals surface area contributed by atoms with Gasteiger partial charge in [0.1, 0.15) is 15.9 Å². The van der Waals surface area contributed by atoms with Gasteiger partial charge in [0.2, 0.25) is 0 Å². The van der Waals surface area contributed by atoms with Gasteiger partial charge in [0, 0.05) is 12.1 Å². The molecule has 0 radical (unpaired) electrons. The van der Waals surface area contributed by atoms with Crippen LogP contribution in [-0.2, 0) is 4.74 Å². The molecule has 5 nitrogen and oxygen atoms in total. The van der Waals surface area contributed by atoms with Gasteiger partial charge in [-0.2, -0.15) is 0 Å². The van der Waals surface area contributed by atoms with E-state index in [-0.39, 0.29) is 10.3 Å². The molecule has 1 amide bonds. The topological polar surface area (TPSA) is 63.2 Å². The number of nitrogens with zero attached hydrogens (tertiary/aromatic N) is 1. The summed E-state index contributed by atoms with van der Waals surface area (Å²) in [6.07, 6.45) is -0.596. The highest BCUT2D eigenvalue weighted by Gasteiger charge is 2.15. The Balaban J connectivity index is 2.53. The molecule has 0 aliphatic rings. The van der Waals surface area contributed by atoms with Crippen LogP contribution in [0.4, 0.5) is 10.5 Å². The number of hydrazine groups is 1. The summed E-state index contributed by atoms with van der Waals surface area (Å²) >= 11 is 11.4. The van der Waals surface area contributed by atoms with E-state index in [9.17, 15) is 4.79 Å². The van der Waals surface area contributed by atoms with Gasteiger partial charge in [-0.1, -0.05) is 23.2 Å². The molecule has 7 heteroatoms. The van der Waals surface area contributed by atoms with Crippen LogP contribution in [0.2, 0.25) is 10.3 Å². The van der Waals surface area contributed by atoms with Gasteiger partial charge in [0.15, 0.2) is 0 Å². The smallest absolute Gasteiger partial charge is 0.426 e. The maximum Gasteiger partial charge on any atom is 0.426 e. The number of amides is 1. The first-order valence-corrected chi connectivity index (χ1v) is 5.60. The van der Waals surface area contributed by atoms with Crippen LogP contribution in [0.25, 0.3) is 0 Å². The average Bonchev–Trinajstić information content (AvgIpc) is 2.10. The Morgan fingerprint density at radius 2 is 1.82 bits per heavy atom. The van der Waals surface area contributed by atoms with Crippen molar-refractivity contribution in [2.24, 2.45) is 0 Å². The zero-order valence-corrected chi connectivity index (χ0v) is 11.2. The SMILES string of the molecule is CC(C)(C)OC(=O)NNc1cc(Cl)nc(Cl)c1. The molecular formula is C10H13Cl2N3O2. The summed E-state index contributed by atoms with van der Waals surface area (Å²) in [7, 11) is 0. The Kier molecular flexibility index (Phi) is 4.42. The molecule has 0 spiro atoms. The standard InChI is InChI=1S/C10H13Cl2N3O2/c1-10(2,3)17-9(16)15-14-6-4-7(11)13-8(12)5-6/h4-5H,1-3H3,(H,13,14)(H,15,16). The summed E-state index contributed by atoms with van der Waals surface area (Å²) in [4.78, 5) is 15.1. The first-order valence-electron chi connectivity index (χ1n) is 4.84. The predicted molar refractivity (Wildman–Crippen MR) is 67.2 cm³/mol. The first-order chi connectivity index (χ1) is 7.76. The number of carbonyl (C=O) groups excluding carboxylic acids is 1. The van der Waals surface area contributed by atoms with Gasteiger partial charge in [0.05, 0.1) is 5.69 Å². The molecule has 1 aromatic heterocycles. The van der Waals surface area contributed by atoms with E-state index in [0.717, 1.165) is 0 Å². The Morgan fingerprint density at radius 1 is 1.29 bits per heavy atom. The molecule has 17 heavy (non-hydrogen) atoms. The van der Waals surface area contributed by atoms with Crippen LogP contribution in [0.5, 0.6) is 0 Å². The van der Waals surface area contributed by atoms with Crippen molar-refractivity contribution >= 4 is 35.0 Å². The third kappa shape index (κ3) is 5.60. The van der Waals surface area contributed by atoms with E-state index in [0.29, 0.717) is 5.69 Å². The lowest BCUT2D eigenvalue weighted by Gasteiger charge is -2.20. The Morgan fingerprint density at radius 3 is 2.29 bits per heavy atom. The minimum atomic E-state index is -0.596. The largest absolute Gasteiger partial charge is 0.443 e.